The van der Waals surface area contributed by atoms with Gasteiger partial charge in [0, 0.05) is 18.9 Å². The van der Waals surface area contributed by atoms with E-state index in [1.54, 1.807) is 0 Å². The molecule has 0 bridgehead atoms. The van der Waals surface area contributed by atoms with Crippen molar-refractivity contribution in [3.05, 3.63) is 39.6 Å². The fourth-order valence-electron chi connectivity index (χ4n) is 2.84. The number of amides is 1. The van der Waals surface area contributed by atoms with Crippen molar-refractivity contribution in [3.63, 3.8) is 0 Å². The van der Waals surface area contributed by atoms with E-state index < -0.39 is 0 Å². The number of unbranched alkanes of at least 4 members (excludes halogenated alkanes) is 2. The number of carbonyl (C=O) groups excluding carboxylic acids is 1. The standard InChI is InChI=1S/C18H20N4O2S2/c23-15(19-18-21-20-16(25-18)12-9-10-12)8-2-1-5-11-22-17(24)13-6-3-4-7-14(13)26-22/h3-4,6-7,12H,1-2,5,8-11H2,(H,19,21,23). The first-order valence-corrected chi connectivity index (χ1v) is 10.5. The number of anilines is 1. The normalized spacial score (nSPS) is 14.0. The quantitative estimate of drug-likeness (QED) is 0.592. The van der Waals surface area contributed by atoms with E-state index in [2.05, 4.69) is 15.5 Å². The maximum Gasteiger partial charge on any atom is 0.268 e. The number of carbonyl (C=O) groups is 1. The third-order valence-corrected chi connectivity index (χ3v) is 6.55. The number of aromatic nitrogens is 3. The number of hydrogen-bond acceptors (Lipinski definition) is 6. The number of aryl methyl sites for hydroxylation is 1. The number of benzene rings is 1. The molecule has 1 aliphatic carbocycles. The Kier molecular flexibility index (Phi) is 5.12. The van der Waals surface area contributed by atoms with Crippen LogP contribution >= 0.6 is 22.9 Å². The molecule has 4 rings (SSSR count). The van der Waals surface area contributed by atoms with Crippen LogP contribution < -0.4 is 10.9 Å². The van der Waals surface area contributed by atoms with Crippen LogP contribution in [0.5, 0.6) is 0 Å². The van der Waals surface area contributed by atoms with Crippen LogP contribution in [0, 0.1) is 0 Å². The van der Waals surface area contributed by atoms with Gasteiger partial charge in [-0.1, -0.05) is 41.4 Å². The minimum absolute atomic E-state index is 0.0116. The zero-order chi connectivity index (χ0) is 17.9. The molecule has 0 aliphatic heterocycles. The van der Waals surface area contributed by atoms with E-state index >= 15 is 0 Å². The zero-order valence-electron chi connectivity index (χ0n) is 14.3. The summed E-state index contributed by atoms with van der Waals surface area (Å²) in [6.07, 6.45) is 5.46. The van der Waals surface area contributed by atoms with E-state index in [1.807, 2.05) is 28.2 Å². The largest absolute Gasteiger partial charge is 0.301 e. The monoisotopic (exact) mass is 388 g/mol. The summed E-state index contributed by atoms with van der Waals surface area (Å²) < 4.78 is 2.84. The molecule has 6 nitrogen and oxygen atoms in total. The first-order valence-electron chi connectivity index (χ1n) is 8.93. The SMILES string of the molecule is O=C(CCCCCn1sc2ccccc2c1=O)Nc1nnc(C2CC2)s1. The van der Waals surface area contributed by atoms with Gasteiger partial charge in [0.1, 0.15) is 5.01 Å². The molecular weight excluding hydrogens is 368 g/mol. The molecule has 3 aromatic rings. The highest BCUT2D eigenvalue weighted by molar-refractivity contribution is 7.15. The third kappa shape index (κ3) is 4.02. The summed E-state index contributed by atoms with van der Waals surface area (Å²) >= 11 is 3.00. The molecular formula is C18H20N4O2S2. The lowest BCUT2D eigenvalue weighted by Gasteiger charge is -2.02. The van der Waals surface area contributed by atoms with E-state index in [1.165, 1.54) is 35.7 Å². The Hall–Kier alpha value is -2.06. The molecule has 1 fully saturated rings. The van der Waals surface area contributed by atoms with Crippen LogP contribution in [-0.4, -0.2) is 20.1 Å². The molecule has 0 saturated heterocycles. The Bertz CT molecular complexity index is 971. The summed E-state index contributed by atoms with van der Waals surface area (Å²) in [6, 6.07) is 7.69. The predicted molar refractivity (Wildman–Crippen MR) is 105 cm³/mol. The van der Waals surface area contributed by atoms with Crippen LogP contribution in [-0.2, 0) is 11.3 Å². The Morgan fingerprint density at radius 1 is 1.19 bits per heavy atom. The lowest BCUT2D eigenvalue weighted by atomic mass is 10.2. The molecule has 0 unspecified atom stereocenters. The Morgan fingerprint density at radius 3 is 2.85 bits per heavy atom. The molecule has 26 heavy (non-hydrogen) atoms. The van der Waals surface area contributed by atoms with Gasteiger partial charge in [0.05, 0.1) is 10.1 Å². The molecule has 0 atom stereocenters. The van der Waals surface area contributed by atoms with Crippen molar-refractivity contribution >= 4 is 44.0 Å². The van der Waals surface area contributed by atoms with Gasteiger partial charge in [0.2, 0.25) is 11.0 Å². The molecule has 8 heteroatoms. The Morgan fingerprint density at radius 2 is 2.04 bits per heavy atom. The van der Waals surface area contributed by atoms with E-state index in [0.717, 1.165) is 34.4 Å². The molecule has 2 aromatic heterocycles. The van der Waals surface area contributed by atoms with Gasteiger partial charge in [-0.25, -0.2) is 0 Å². The van der Waals surface area contributed by atoms with E-state index in [9.17, 15) is 9.59 Å². The maximum atomic E-state index is 12.3. The molecule has 136 valence electrons. The van der Waals surface area contributed by atoms with Crippen molar-refractivity contribution in [2.24, 2.45) is 0 Å². The molecule has 1 N–H and O–H groups in total. The van der Waals surface area contributed by atoms with Crippen molar-refractivity contribution in [3.8, 4) is 0 Å². The first kappa shape index (κ1) is 17.4. The first-order chi connectivity index (χ1) is 12.7. The van der Waals surface area contributed by atoms with Crippen LogP contribution in [0.15, 0.2) is 29.1 Å². The average molecular weight is 389 g/mol. The van der Waals surface area contributed by atoms with Gasteiger partial charge in [0.15, 0.2) is 0 Å². The lowest BCUT2D eigenvalue weighted by molar-refractivity contribution is -0.116. The van der Waals surface area contributed by atoms with Crippen LogP contribution in [0.1, 0.15) is 49.5 Å². The van der Waals surface area contributed by atoms with E-state index in [0.29, 0.717) is 24.0 Å². The summed E-state index contributed by atoms with van der Waals surface area (Å²) in [5.74, 6) is 0.554. The summed E-state index contributed by atoms with van der Waals surface area (Å²) in [5.41, 5.74) is 0.0890. The van der Waals surface area contributed by atoms with Crippen LogP contribution in [0.4, 0.5) is 5.13 Å². The molecule has 1 saturated carbocycles. The predicted octanol–water partition coefficient (Wildman–Crippen LogP) is 3.99. The van der Waals surface area contributed by atoms with Gasteiger partial charge in [-0.3, -0.25) is 13.5 Å². The number of nitrogens with zero attached hydrogens (tertiary/aromatic N) is 3. The minimum Gasteiger partial charge on any atom is -0.301 e. The number of nitrogens with one attached hydrogen (secondary N) is 1. The Balaban J connectivity index is 1.19. The molecule has 2 heterocycles. The molecule has 1 aromatic carbocycles. The van der Waals surface area contributed by atoms with Gasteiger partial charge in [-0.2, -0.15) is 0 Å². The minimum atomic E-state index is -0.0116. The van der Waals surface area contributed by atoms with Gasteiger partial charge in [0.25, 0.3) is 5.56 Å². The van der Waals surface area contributed by atoms with Crippen molar-refractivity contribution in [1.29, 1.82) is 0 Å². The topological polar surface area (TPSA) is 76.9 Å². The summed E-state index contributed by atoms with van der Waals surface area (Å²) in [6.45, 7) is 0.709. The Labute approximate surface area is 159 Å². The van der Waals surface area contributed by atoms with Gasteiger partial charge in [-0.15, -0.1) is 10.2 Å². The third-order valence-electron chi connectivity index (χ3n) is 4.43. The zero-order valence-corrected chi connectivity index (χ0v) is 15.9. The molecule has 1 aliphatic rings. The number of hydrogen-bond donors (Lipinski definition) is 1. The number of fused-ring (bicyclic) bond motifs is 1. The second-order valence-electron chi connectivity index (χ2n) is 6.57. The van der Waals surface area contributed by atoms with E-state index in [4.69, 9.17) is 0 Å². The highest BCUT2D eigenvalue weighted by Gasteiger charge is 2.27. The van der Waals surface area contributed by atoms with Crippen molar-refractivity contribution < 1.29 is 4.79 Å². The summed E-state index contributed by atoms with van der Waals surface area (Å²) in [4.78, 5) is 24.2. The van der Waals surface area contributed by atoms with Crippen molar-refractivity contribution in [2.75, 3.05) is 5.32 Å². The second kappa shape index (κ2) is 7.67. The second-order valence-corrected chi connectivity index (χ2v) is 8.65. The number of rotatable bonds is 8. The summed E-state index contributed by atoms with van der Waals surface area (Å²) in [5, 5.41) is 13.4. The fraction of sp³-hybridized carbons (Fsp3) is 0.444. The van der Waals surface area contributed by atoms with Gasteiger partial charge in [-0.05, 0) is 37.8 Å². The molecule has 0 radical (unpaired) electrons. The summed E-state index contributed by atoms with van der Waals surface area (Å²) in [7, 11) is 0. The highest BCUT2D eigenvalue weighted by atomic mass is 32.1. The smallest absolute Gasteiger partial charge is 0.268 e. The highest BCUT2D eigenvalue weighted by Crippen LogP contribution is 2.42. The fourth-order valence-corrected chi connectivity index (χ4v) is 4.81. The van der Waals surface area contributed by atoms with Gasteiger partial charge >= 0.3 is 0 Å². The van der Waals surface area contributed by atoms with Crippen LogP contribution in [0.25, 0.3) is 10.1 Å². The van der Waals surface area contributed by atoms with Crippen LogP contribution in [0.2, 0.25) is 0 Å². The molecule has 1 amide bonds. The van der Waals surface area contributed by atoms with Crippen molar-refractivity contribution in [1.82, 2.24) is 14.2 Å². The maximum absolute atomic E-state index is 12.3. The average Bonchev–Trinajstić information content (AvgIpc) is 3.31. The lowest BCUT2D eigenvalue weighted by Crippen LogP contribution is -2.13. The van der Waals surface area contributed by atoms with E-state index in [-0.39, 0.29) is 11.5 Å². The van der Waals surface area contributed by atoms with Gasteiger partial charge < -0.3 is 5.32 Å². The molecule has 0 spiro atoms. The van der Waals surface area contributed by atoms with Crippen molar-refractivity contribution in [2.45, 2.75) is 51.0 Å². The van der Waals surface area contributed by atoms with Crippen LogP contribution in [0.3, 0.4) is 0 Å².